The fourth-order valence-electron chi connectivity index (χ4n) is 6.15. The predicted octanol–water partition coefficient (Wildman–Crippen LogP) is 7.30. The molecule has 8 aromatic rings. The highest BCUT2D eigenvalue weighted by Gasteiger charge is 2.23. The molecule has 5 N–H and O–H groups in total. The van der Waals surface area contributed by atoms with Gasteiger partial charge in [-0.2, -0.15) is 0 Å². The van der Waals surface area contributed by atoms with Gasteiger partial charge < -0.3 is 25.9 Å². The van der Waals surface area contributed by atoms with E-state index in [1.165, 1.54) is 18.7 Å². The zero-order valence-electron chi connectivity index (χ0n) is 32.7. The number of para-hydroxylation sites is 2. The van der Waals surface area contributed by atoms with E-state index in [9.17, 15) is 14.4 Å². The summed E-state index contributed by atoms with van der Waals surface area (Å²) in [6.07, 6.45) is 0. The van der Waals surface area contributed by atoms with Crippen molar-refractivity contribution in [2.45, 2.75) is 25.9 Å². The lowest BCUT2D eigenvalue weighted by Crippen LogP contribution is -2.15. The van der Waals surface area contributed by atoms with Crippen molar-refractivity contribution in [3.05, 3.63) is 125 Å². The molecular weight excluding hydrogens is 801 g/mol. The number of primary amides is 2. The zero-order chi connectivity index (χ0) is 42.3. The molecule has 302 valence electrons. The first-order chi connectivity index (χ1) is 29.1. The summed E-state index contributed by atoms with van der Waals surface area (Å²) >= 11 is 6.73. The van der Waals surface area contributed by atoms with Crippen molar-refractivity contribution < 1.29 is 23.9 Å². The van der Waals surface area contributed by atoms with Gasteiger partial charge in [-0.15, -0.1) is 0 Å². The third-order valence-electron chi connectivity index (χ3n) is 8.76. The number of carbonyl (C=O) groups is 3. The number of benzene rings is 4. The molecule has 60 heavy (non-hydrogen) atoms. The Balaban J connectivity index is 0.000000183. The van der Waals surface area contributed by atoms with Crippen LogP contribution < -0.4 is 20.9 Å². The summed E-state index contributed by atoms with van der Waals surface area (Å²) in [6.45, 7) is 6.49. The van der Waals surface area contributed by atoms with Crippen LogP contribution in [0.5, 0.6) is 11.5 Å². The van der Waals surface area contributed by atoms with E-state index >= 15 is 0 Å². The van der Waals surface area contributed by atoms with E-state index in [2.05, 4.69) is 24.9 Å². The van der Waals surface area contributed by atoms with Crippen molar-refractivity contribution in [3.8, 4) is 45.6 Å². The second-order valence-corrected chi connectivity index (χ2v) is 14.3. The molecule has 0 aliphatic heterocycles. The molecule has 0 aliphatic carbocycles. The molecule has 15 nitrogen and oxygen atoms in total. The number of hydrogen-bond acceptors (Lipinski definition) is 12. The van der Waals surface area contributed by atoms with Crippen molar-refractivity contribution in [2.75, 3.05) is 19.0 Å². The van der Waals surface area contributed by atoms with Crippen molar-refractivity contribution in [1.29, 1.82) is 0 Å². The number of ketones is 1. The molecule has 0 saturated carbocycles. The highest BCUT2D eigenvalue weighted by molar-refractivity contribution is 7.99. The van der Waals surface area contributed by atoms with Crippen LogP contribution in [-0.4, -0.2) is 75.6 Å². The summed E-state index contributed by atoms with van der Waals surface area (Å²) < 4.78 is 14.9. The van der Waals surface area contributed by atoms with Crippen LogP contribution in [0.15, 0.2) is 114 Å². The van der Waals surface area contributed by atoms with E-state index in [-0.39, 0.29) is 22.9 Å². The summed E-state index contributed by atoms with van der Waals surface area (Å²) in [5.41, 5.74) is 16.0. The number of ether oxygens (including phenoxy) is 2. The normalized spacial score (nSPS) is 10.9. The van der Waals surface area contributed by atoms with Crippen LogP contribution in [0.25, 0.3) is 56.5 Å². The molecular formula is C43H38N10O5S2. The summed E-state index contributed by atoms with van der Waals surface area (Å²) in [7, 11) is 0. The number of H-pyrrole nitrogens is 1. The molecule has 0 aliphatic rings. The van der Waals surface area contributed by atoms with Crippen LogP contribution >= 0.6 is 24.0 Å². The third-order valence-corrected chi connectivity index (χ3v) is 10.1. The topological polar surface area (TPSA) is 212 Å². The Labute approximate surface area is 352 Å². The quantitative estimate of drug-likeness (QED) is 0.0771. The van der Waals surface area contributed by atoms with Crippen LogP contribution in [0.1, 0.15) is 41.7 Å². The van der Waals surface area contributed by atoms with Gasteiger partial charge in [0.15, 0.2) is 44.3 Å². The van der Waals surface area contributed by atoms with Crippen LogP contribution in [0.3, 0.4) is 0 Å². The van der Waals surface area contributed by atoms with Gasteiger partial charge in [-0.3, -0.25) is 23.5 Å². The lowest BCUT2D eigenvalue weighted by atomic mass is 10.2. The number of aromatic amines is 1. The summed E-state index contributed by atoms with van der Waals surface area (Å²) in [4.78, 5) is 61.7. The first-order valence-electron chi connectivity index (χ1n) is 18.7. The van der Waals surface area contributed by atoms with Gasteiger partial charge in [-0.25, -0.2) is 24.9 Å². The average molecular weight is 839 g/mol. The van der Waals surface area contributed by atoms with Crippen molar-refractivity contribution in [2.24, 2.45) is 11.5 Å². The number of imidazole rings is 2. The SMILES string of the molecule is CCOc1ccc(-c2nc(C(N)=O)c3[nH]c(=S)n(-c4ccccc4)c3n2)cc1.CCOc1ccc(-c2nc(C(N)=O)c3nc(SCC(C)=O)n(-c4ccccc4)c3n2)cc1. The Morgan fingerprint density at radius 1 is 0.650 bits per heavy atom. The first-order valence-corrected chi connectivity index (χ1v) is 20.1. The lowest BCUT2D eigenvalue weighted by molar-refractivity contribution is -0.114. The highest BCUT2D eigenvalue weighted by Crippen LogP contribution is 2.31. The summed E-state index contributed by atoms with van der Waals surface area (Å²) in [5.74, 6) is 1.08. The molecule has 0 unspecified atom stereocenters. The predicted molar refractivity (Wildman–Crippen MR) is 232 cm³/mol. The van der Waals surface area contributed by atoms with E-state index in [4.69, 9.17) is 38.1 Å². The Kier molecular flexibility index (Phi) is 12.4. The second-order valence-electron chi connectivity index (χ2n) is 13.0. The molecule has 8 rings (SSSR count). The number of nitrogens with one attached hydrogen (secondary N) is 1. The van der Waals surface area contributed by atoms with Gasteiger partial charge in [-0.05, 0) is 106 Å². The number of Topliss-reactive ketones (excluding diaryl/α,β-unsaturated/α-hetero) is 1. The molecule has 4 heterocycles. The minimum atomic E-state index is -0.703. The van der Waals surface area contributed by atoms with Gasteiger partial charge in [-0.1, -0.05) is 48.2 Å². The molecule has 4 aromatic heterocycles. The van der Waals surface area contributed by atoms with E-state index in [1.54, 1.807) is 4.57 Å². The molecule has 0 saturated heterocycles. The molecule has 17 heteroatoms. The Hall–Kier alpha value is -7.24. The second kappa shape index (κ2) is 18.1. The smallest absolute Gasteiger partial charge is 0.269 e. The van der Waals surface area contributed by atoms with Crippen LogP contribution in [-0.2, 0) is 4.79 Å². The Morgan fingerprint density at radius 3 is 1.62 bits per heavy atom. The van der Waals surface area contributed by atoms with Crippen molar-refractivity contribution in [3.63, 3.8) is 0 Å². The van der Waals surface area contributed by atoms with Crippen LogP contribution in [0.4, 0.5) is 0 Å². The molecule has 2 amide bonds. The number of thioether (sulfide) groups is 1. The minimum absolute atomic E-state index is 0.0120. The van der Waals surface area contributed by atoms with Crippen LogP contribution in [0, 0.1) is 4.77 Å². The number of fused-ring (bicyclic) bond motifs is 2. The van der Waals surface area contributed by atoms with Gasteiger partial charge >= 0.3 is 0 Å². The highest BCUT2D eigenvalue weighted by atomic mass is 32.2. The first kappa shape index (κ1) is 40.9. The number of rotatable bonds is 13. The molecule has 0 spiro atoms. The average Bonchev–Trinajstić information content (AvgIpc) is 3.80. The maximum Gasteiger partial charge on any atom is 0.269 e. The fourth-order valence-corrected chi connectivity index (χ4v) is 7.26. The van der Waals surface area contributed by atoms with E-state index < -0.39 is 11.8 Å². The zero-order valence-corrected chi connectivity index (χ0v) is 34.3. The molecule has 0 fully saturated rings. The maximum atomic E-state index is 12.3. The Morgan fingerprint density at radius 2 is 1.13 bits per heavy atom. The van der Waals surface area contributed by atoms with Gasteiger partial charge in [0, 0.05) is 22.5 Å². The van der Waals surface area contributed by atoms with Gasteiger partial charge in [0.05, 0.1) is 19.0 Å². The molecule has 0 bridgehead atoms. The standard InChI is InChI=1S/C23H21N5O3S.C20H17N5O2S/c1-3-31-17-11-9-15(10-12-17)21-25-18(20(24)30)19-22(27-21)28(16-7-5-4-6-8-16)23(26-19)32-13-14(2)29;1-2-27-14-10-8-12(9-11-14)18-22-15(17(21)26)16-19(24-18)25(20(28)23-16)13-6-4-3-5-7-13/h4-12H,3,13H2,1-2H3,(H2,24,30);3-11H,2H2,1H3,(H2,21,26)(H,23,28). The molecule has 4 aromatic carbocycles. The van der Waals surface area contributed by atoms with E-state index in [0.29, 0.717) is 62.7 Å². The fraction of sp³-hybridized carbons (Fsp3) is 0.140. The largest absolute Gasteiger partial charge is 0.494 e. The number of nitrogens with zero attached hydrogens (tertiary/aromatic N) is 7. The van der Waals surface area contributed by atoms with Gasteiger partial charge in [0.25, 0.3) is 11.8 Å². The summed E-state index contributed by atoms with van der Waals surface area (Å²) in [6, 6.07) is 33.7. The Bertz CT molecular complexity index is 2900. The third kappa shape index (κ3) is 8.76. The molecule has 0 radical (unpaired) electrons. The number of carbonyl (C=O) groups excluding carboxylic acids is 3. The maximum absolute atomic E-state index is 12.3. The number of hydrogen-bond donors (Lipinski definition) is 3. The van der Waals surface area contributed by atoms with Gasteiger partial charge in [0.1, 0.15) is 28.3 Å². The van der Waals surface area contributed by atoms with Crippen molar-refractivity contribution in [1.82, 2.24) is 39.0 Å². The number of aromatic nitrogens is 8. The number of amides is 2. The monoisotopic (exact) mass is 838 g/mol. The minimum Gasteiger partial charge on any atom is -0.494 e. The number of nitrogens with two attached hydrogens (primary N) is 2. The van der Waals surface area contributed by atoms with Gasteiger partial charge in [0.2, 0.25) is 0 Å². The summed E-state index contributed by atoms with van der Waals surface area (Å²) in [5, 5.41) is 0.530. The van der Waals surface area contributed by atoms with E-state index in [0.717, 1.165) is 28.4 Å². The van der Waals surface area contributed by atoms with Crippen LogP contribution in [0.2, 0.25) is 0 Å². The van der Waals surface area contributed by atoms with Crippen molar-refractivity contribution >= 4 is 63.9 Å². The lowest BCUT2D eigenvalue weighted by Gasteiger charge is -2.09. The van der Waals surface area contributed by atoms with E-state index in [1.807, 2.05) is 128 Å². The molecule has 0 atom stereocenters.